The zero-order chi connectivity index (χ0) is 15.0. The SMILES string of the molecule is N#Cc1nccc(NC2(C(=O)O)CCC2)c1C(F)(F)F. The third-order valence-corrected chi connectivity index (χ3v) is 3.33. The van der Waals surface area contributed by atoms with Crippen LogP contribution in [0.25, 0.3) is 0 Å². The predicted octanol–water partition coefficient (Wildman–Crippen LogP) is 2.39. The van der Waals surface area contributed by atoms with Crippen molar-refractivity contribution < 1.29 is 23.1 Å². The molecule has 2 N–H and O–H groups in total. The van der Waals surface area contributed by atoms with Crippen LogP contribution in [0.2, 0.25) is 0 Å². The lowest BCUT2D eigenvalue weighted by atomic mass is 9.76. The van der Waals surface area contributed by atoms with Gasteiger partial charge in [0.25, 0.3) is 0 Å². The number of halogens is 3. The van der Waals surface area contributed by atoms with Crippen molar-refractivity contribution in [3.05, 3.63) is 23.5 Å². The van der Waals surface area contributed by atoms with Crippen LogP contribution in [0.1, 0.15) is 30.5 Å². The van der Waals surface area contributed by atoms with Crippen molar-refractivity contribution in [2.75, 3.05) is 5.32 Å². The number of pyridine rings is 1. The number of nitriles is 1. The Kier molecular flexibility index (Phi) is 3.29. The Balaban J connectivity index is 2.48. The van der Waals surface area contributed by atoms with Crippen molar-refractivity contribution in [3.8, 4) is 6.07 Å². The van der Waals surface area contributed by atoms with Gasteiger partial charge >= 0.3 is 12.1 Å². The summed E-state index contributed by atoms with van der Waals surface area (Å²) in [5.41, 5.74) is -3.82. The highest BCUT2D eigenvalue weighted by Gasteiger charge is 2.46. The van der Waals surface area contributed by atoms with Gasteiger partial charge in [-0.1, -0.05) is 0 Å². The highest BCUT2D eigenvalue weighted by molar-refractivity contribution is 5.84. The zero-order valence-corrected chi connectivity index (χ0v) is 10.2. The first-order valence-corrected chi connectivity index (χ1v) is 5.78. The van der Waals surface area contributed by atoms with Gasteiger partial charge in [0, 0.05) is 6.20 Å². The van der Waals surface area contributed by atoms with Crippen LogP contribution in [0.15, 0.2) is 12.3 Å². The lowest BCUT2D eigenvalue weighted by molar-refractivity contribution is -0.146. The summed E-state index contributed by atoms with van der Waals surface area (Å²) in [7, 11) is 0. The van der Waals surface area contributed by atoms with Crippen molar-refractivity contribution in [3.63, 3.8) is 0 Å². The Hall–Kier alpha value is -2.30. The molecule has 20 heavy (non-hydrogen) atoms. The van der Waals surface area contributed by atoms with Crippen LogP contribution in [0.3, 0.4) is 0 Å². The fraction of sp³-hybridized carbons (Fsp3) is 0.417. The van der Waals surface area contributed by atoms with Crippen LogP contribution in [0.5, 0.6) is 0 Å². The lowest BCUT2D eigenvalue weighted by Crippen LogP contribution is -2.52. The van der Waals surface area contributed by atoms with Crippen molar-refractivity contribution in [2.24, 2.45) is 0 Å². The molecule has 1 aliphatic rings. The Morgan fingerprint density at radius 3 is 2.55 bits per heavy atom. The molecule has 1 aromatic heterocycles. The fourth-order valence-corrected chi connectivity index (χ4v) is 2.12. The first-order chi connectivity index (χ1) is 9.30. The molecule has 1 aromatic rings. The molecule has 0 amide bonds. The molecule has 0 unspecified atom stereocenters. The summed E-state index contributed by atoms with van der Waals surface area (Å²) in [6.45, 7) is 0. The van der Waals surface area contributed by atoms with Gasteiger partial charge in [0.1, 0.15) is 17.2 Å². The monoisotopic (exact) mass is 285 g/mol. The molecule has 106 valence electrons. The summed E-state index contributed by atoms with van der Waals surface area (Å²) in [4.78, 5) is 14.6. The standard InChI is InChI=1S/C12H10F3N3O2/c13-12(14,15)9-7(2-5-17-8(9)6-16)18-11(10(19)20)3-1-4-11/h2,5H,1,3-4H2,(H,17,18)(H,19,20). The summed E-state index contributed by atoms with van der Waals surface area (Å²) in [5.74, 6) is -1.20. The fourth-order valence-electron chi connectivity index (χ4n) is 2.12. The molecule has 0 radical (unpaired) electrons. The van der Waals surface area contributed by atoms with Gasteiger partial charge < -0.3 is 10.4 Å². The number of hydrogen-bond acceptors (Lipinski definition) is 4. The highest BCUT2D eigenvalue weighted by atomic mass is 19.4. The zero-order valence-electron chi connectivity index (χ0n) is 10.2. The summed E-state index contributed by atoms with van der Waals surface area (Å²) in [5, 5.41) is 20.3. The van der Waals surface area contributed by atoms with Crippen LogP contribution < -0.4 is 5.32 Å². The number of aliphatic carboxylic acids is 1. The number of carbonyl (C=O) groups is 1. The molecule has 1 heterocycles. The van der Waals surface area contributed by atoms with Gasteiger partial charge in [-0.15, -0.1) is 0 Å². The summed E-state index contributed by atoms with van der Waals surface area (Å²) in [6, 6.07) is 2.41. The van der Waals surface area contributed by atoms with E-state index in [4.69, 9.17) is 10.4 Å². The van der Waals surface area contributed by atoms with Crippen LogP contribution in [-0.2, 0) is 11.0 Å². The maximum absolute atomic E-state index is 13.0. The van der Waals surface area contributed by atoms with E-state index in [0.29, 0.717) is 6.42 Å². The van der Waals surface area contributed by atoms with Crippen molar-refractivity contribution in [2.45, 2.75) is 31.0 Å². The molecule has 1 saturated carbocycles. The average molecular weight is 285 g/mol. The number of nitrogens with one attached hydrogen (secondary N) is 1. The Bertz CT molecular complexity index is 589. The maximum atomic E-state index is 13.0. The first kappa shape index (κ1) is 14.1. The maximum Gasteiger partial charge on any atom is 0.421 e. The van der Waals surface area contributed by atoms with E-state index >= 15 is 0 Å². The third kappa shape index (κ3) is 2.27. The molecule has 0 aliphatic heterocycles. The molecule has 0 aromatic carbocycles. The van der Waals surface area contributed by atoms with Crippen molar-refractivity contribution in [1.29, 1.82) is 5.26 Å². The van der Waals surface area contributed by atoms with Crippen LogP contribution in [0, 0.1) is 11.3 Å². The van der Waals surface area contributed by atoms with Gasteiger partial charge in [-0.3, -0.25) is 0 Å². The number of rotatable bonds is 3. The molecule has 0 bridgehead atoms. The van der Waals surface area contributed by atoms with E-state index in [1.165, 1.54) is 6.07 Å². The lowest BCUT2D eigenvalue weighted by Gasteiger charge is -2.39. The number of aromatic nitrogens is 1. The smallest absolute Gasteiger partial charge is 0.421 e. The summed E-state index contributed by atoms with van der Waals surface area (Å²) < 4.78 is 39.0. The Labute approximate surface area is 112 Å². The normalized spacial score (nSPS) is 16.9. The number of hydrogen-bond donors (Lipinski definition) is 2. The number of carboxylic acids is 1. The quantitative estimate of drug-likeness (QED) is 0.890. The van der Waals surface area contributed by atoms with E-state index in [9.17, 15) is 18.0 Å². The second-order valence-corrected chi connectivity index (χ2v) is 4.56. The van der Waals surface area contributed by atoms with Crippen molar-refractivity contribution >= 4 is 11.7 Å². The van der Waals surface area contributed by atoms with Crippen LogP contribution >= 0.6 is 0 Å². The minimum Gasteiger partial charge on any atom is -0.480 e. The molecular formula is C12H10F3N3O2. The van der Waals surface area contributed by atoms with E-state index in [-0.39, 0.29) is 12.8 Å². The molecule has 0 saturated heterocycles. The van der Waals surface area contributed by atoms with E-state index in [0.717, 1.165) is 12.3 Å². The van der Waals surface area contributed by atoms with Gasteiger partial charge in [0.2, 0.25) is 0 Å². The van der Waals surface area contributed by atoms with Crippen molar-refractivity contribution in [1.82, 2.24) is 4.98 Å². The molecule has 0 spiro atoms. The molecule has 8 heteroatoms. The van der Waals surface area contributed by atoms with E-state index < -0.39 is 34.6 Å². The first-order valence-electron chi connectivity index (χ1n) is 5.78. The Morgan fingerprint density at radius 1 is 1.50 bits per heavy atom. The van der Waals surface area contributed by atoms with E-state index in [1.54, 1.807) is 0 Å². The average Bonchev–Trinajstić information content (AvgIpc) is 2.31. The second-order valence-electron chi connectivity index (χ2n) is 4.56. The largest absolute Gasteiger partial charge is 0.480 e. The van der Waals surface area contributed by atoms with Gasteiger partial charge in [0.15, 0.2) is 5.69 Å². The minimum absolute atomic E-state index is 0.240. The minimum atomic E-state index is -4.79. The predicted molar refractivity (Wildman–Crippen MR) is 61.8 cm³/mol. The van der Waals surface area contributed by atoms with Gasteiger partial charge in [-0.05, 0) is 25.3 Å². The van der Waals surface area contributed by atoms with Crippen LogP contribution in [0.4, 0.5) is 18.9 Å². The summed E-state index contributed by atoms with van der Waals surface area (Å²) >= 11 is 0. The topological polar surface area (TPSA) is 86.0 Å². The van der Waals surface area contributed by atoms with Crippen LogP contribution in [-0.4, -0.2) is 21.6 Å². The molecule has 2 rings (SSSR count). The highest BCUT2D eigenvalue weighted by Crippen LogP contribution is 2.41. The number of nitrogens with zero attached hydrogens (tertiary/aromatic N) is 2. The summed E-state index contributed by atoms with van der Waals surface area (Å²) in [6.07, 6.45) is -2.64. The number of carboxylic acid groups (broad SMARTS) is 1. The second kappa shape index (κ2) is 4.67. The van der Waals surface area contributed by atoms with Gasteiger partial charge in [-0.2, -0.15) is 18.4 Å². The number of anilines is 1. The van der Waals surface area contributed by atoms with E-state index in [1.807, 2.05) is 0 Å². The molecule has 5 nitrogen and oxygen atoms in total. The van der Waals surface area contributed by atoms with E-state index in [2.05, 4.69) is 10.3 Å². The number of alkyl halides is 3. The molecule has 0 atom stereocenters. The Morgan fingerprint density at radius 2 is 2.15 bits per heavy atom. The van der Waals surface area contributed by atoms with Gasteiger partial charge in [-0.25, -0.2) is 9.78 Å². The molecule has 1 aliphatic carbocycles. The molecular weight excluding hydrogens is 275 g/mol. The molecule has 1 fully saturated rings. The van der Waals surface area contributed by atoms with Gasteiger partial charge in [0.05, 0.1) is 5.69 Å². The third-order valence-electron chi connectivity index (χ3n) is 3.33.